The zero-order valence-corrected chi connectivity index (χ0v) is 14.2. The maximum absolute atomic E-state index is 12.8. The van der Waals surface area contributed by atoms with E-state index in [0.29, 0.717) is 13.2 Å². The molecule has 0 bridgehead atoms. The number of ether oxygens (including phenoxy) is 2. The largest absolute Gasteiger partial charge is 0.373 e. The minimum atomic E-state index is -0.0765. The number of carbonyl (C=O) groups is 1. The van der Waals surface area contributed by atoms with E-state index in [0.717, 1.165) is 29.9 Å². The summed E-state index contributed by atoms with van der Waals surface area (Å²) in [5.74, 6) is 0.0977. The van der Waals surface area contributed by atoms with E-state index in [-0.39, 0.29) is 24.2 Å². The molecule has 0 radical (unpaired) electrons. The Hall–Kier alpha value is -1.76. The van der Waals surface area contributed by atoms with Crippen LogP contribution in [-0.4, -0.2) is 47.2 Å². The van der Waals surface area contributed by atoms with Crippen LogP contribution in [0, 0.1) is 0 Å². The number of hydrogen-bond acceptors (Lipinski definition) is 5. The van der Waals surface area contributed by atoms with Crippen LogP contribution >= 0.6 is 11.3 Å². The molecule has 1 amide bonds. The molecular formula is C18H20N2O3S. The van der Waals surface area contributed by atoms with Crippen molar-refractivity contribution in [1.82, 2.24) is 9.88 Å². The summed E-state index contributed by atoms with van der Waals surface area (Å²) in [7, 11) is 0. The van der Waals surface area contributed by atoms with Crippen LogP contribution in [0.4, 0.5) is 0 Å². The third-order valence-electron chi connectivity index (χ3n) is 4.68. The molecule has 4 heterocycles. The van der Waals surface area contributed by atoms with E-state index < -0.39 is 0 Å². The first-order valence-corrected chi connectivity index (χ1v) is 9.17. The summed E-state index contributed by atoms with van der Waals surface area (Å²) in [5, 5.41) is 1.94. The van der Waals surface area contributed by atoms with E-state index in [1.54, 1.807) is 12.4 Å². The summed E-state index contributed by atoms with van der Waals surface area (Å²) in [6.45, 7) is 1.86. The van der Waals surface area contributed by atoms with Gasteiger partial charge < -0.3 is 14.4 Å². The van der Waals surface area contributed by atoms with E-state index in [9.17, 15) is 4.79 Å². The lowest BCUT2D eigenvalue weighted by Gasteiger charge is -2.32. The number of amides is 1. The van der Waals surface area contributed by atoms with E-state index >= 15 is 0 Å². The molecule has 2 fully saturated rings. The van der Waals surface area contributed by atoms with Crippen molar-refractivity contribution >= 4 is 17.2 Å². The Morgan fingerprint density at radius 3 is 3.04 bits per heavy atom. The minimum Gasteiger partial charge on any atom is -0.373 e. The molecule has 0 unspecified atom stereocenters. The van der Waals surface area contributed by atoms with Crippen LogP contribution in [0.15, 0.2) is 42.0 Å². The van der Waals surface area contributed by atoms with Crippen LogP contribution in [0.1, 0.15) is 28.1 Å². The van der Waals surface area contributed by atoms with Crippen molar-refractivity contribution in [1.29, 1.82) is 0 Å². The highest BCUT2D eigenvalue weighted by atomic mass is 32.1. The molecule has 5 nitrogen and oxygen atoms in total. The molecular weight excluding hydrogens is 324 g/mol. The number of thiophene rings is 1. The molecule has 2 saturated heterocycles. The fourth-order valence-corrected chi connectivity index (χ4v) is 4.19. The first-order chi connectivity index (χ1) is 11.8. The standard InChI is InChI=1S/C18H20N2O3S/c21-18(16-4-2-10-24-16)20-11-15(17-14(20)3-1-9-22-17)23-12-13-5-7-19-8-6-13/h2,4-8,10,14-15,17H,1,3,9,11-12H2/t14-,15-,17+/m1/s1. The van der Waals surface area contributed by atoms with Gasteiger partial charge in [0.25, 0.3) is 5.91 Å². The van der Waals surface area contributed by atoms with Gasteiger partial charge in [0.05, 0.1) is 24.1 Å². The average molecular weight is 344 g/mol. The van der Waals surface area contributed by atoms with Crippen molar-refractivity contribution in [2.45, 2.75) is 37.7 Å². The number of carbonyl (C=O) groups excluding carboxylic acids is 1. The number of aromatic nitrogens is 1. The monoisotopic (exact) mass is 344 g/mol. The first-order valence-electron chi connectivity index (χ1n) is 8.29. The molecule has 0 saturated carbocycles. The van der Waals surface area contributed by atoms with Crippen LogP contribution in [0.3, 0.4) is 0 Å². The number of nitrogens with zero attached hydrogens (tertiary/aromatic N) is 2. The van der Waals surface area contributed by atoms with Crippen LogP contribution in [0.2, 0.25) is 0 Å². The topological polar surface area (TPSA) is 51.7 Å². The number of hydrogen-bond donors (Lipinski definition) is 0. The van der Waals surface area contributed by atoms with Crippen LogP contribution in [-0.2, 0) is 16.1 Å². The van der Waals surface area contributed by atoms with Gasteiger partial charge in [-0.3, -0.25) is 9.78 Å². The van der Waals surface area contributed by atoms with Gasteiger partial charge in [-0.15, -0.1) is 11.3 Å². The molecule has 126 valence electrons. The second-order valence-electron chi connectivity index (χ2n) is 6.18. The van der Waals surface area contributed by atoms with Gasteiger partial charge in [-0.05, 0) is 42.0 Å². The Morgan fingerprint density at radius 2 is 2.25 bits per heavy atom. The highest BCUT2D eigenvalue weighted by Crippen LogP contribution is 2.32. The van der Waals surface area contributed by atoms with Gasteiger partial charge in [0.15, 0.2) is 0 Å². The van der Waals surface area contributed by atoms with E-state index in [4.69, 9.17) is 9.47 Å². The summed E-state index contributed by atoms with van der Waals surface area (Å²) in [5.41, 5.74) is 1.08. The molecule has 0 aromatic carbocycles. The number of fused-ring (bicyclic) bond motifs is 1. The molecule has 6 heteroatoms. The molecule has 0 N–H and O–H groups in total. The Balaban J connectivity index is 1.48. The van der Waals surface area contributed by atoms with E-state index in [2.05, 4.69) is 4.98 Å². The fraction of sp³-hybridized carbons (Fsp3) is 0.444. The predicted octanol–water partition coefficient (Wildman–Crippen LogP) is 2.73. The van der Waals surface area contributed by atoms with E-state index in [1.165, 1.54) is 11.3 Å². The maximum atomic E-state index is 12.8. The lowest BCUT2D eigenvalue weighted by atomic mass is 10.0. The summed E-state index contributed by atoms with van der Waals surface area (Å²) < 4.78 is 12.1. The lowest BCUT2D eigenvalue weighted by molar-refractivity contribution is -0.0809. The van der Waals surface area contributed by atoms with Crippen LogP contribution in [0.5, 0.6) is 0 Å². The molecule has 0 aliphatic carbocycles. The zero-order valence-electron chi connectivity index (χ0n) is 13.3. The number of likely N-dealkylation sites (tertiary alicyclic amines) is 1. The summed E-state index contributed by atoms with van der Waals surface area (Å²) in [6.07, 6.45) is 5.40. The van der Waals surface area contributed by atoms with Gasteiger partial charge in [-0.2, -0.15) is 0 Å². The van der Waals surface area contributed by atoms with Crippen molar-refractivity contribution in [2.24, 2.45) is 0 Å². The average Bonchev–Trinajstić information content (AvgIpc) is 3.29. The Morgan fingerprint density at radius 1 is 1.38 bits per heavy atom. The van der Waals surface area contributed by atoms with Gasteiger partial charge in [0.2, 0.25) is 0 Å². The highest BCUT2D eigenvalue weighted by molar-refractivity contribution is 7.12. The molecule has 0 spiro atoms. The third kappa shape index (κ3) is 3.09. The van der Waals surface area contributed by atoms with Crippen LogP contribution in [0.25, 0.3) is 0 Å². The minimum absolute atomic E-state index is 0.0236. The van der Waals surface area contributed by atoms with Crippen molar-refractivity contribution in [3.63, 3.8) is 0 Å². The quantitative estimate of drug-likeness (QED) is 0.856. The van der Waals surface area contributed by atoms with Crippen molar-refractivity contribution in [2.75, 3.05) is 13.2 Å². The van der Waals surface area contributed by atoms with Gasteiger partial charge >= 0.3 is 0 Å². The second-order valence-corrected chi connectivity index (χ2v) is 7.13. The second kappa shape index (κ2) is 7.01. The van der Waals surface area contributed by atoms with Gasteiger partial charge in [0.1, 0.15) is 12.2 Å². The van der Waals surface area contributed by atoms with Gasteiger partial charge in [-0.1, -0.05) is 6.07 Å². The normalized spacial score (nSPS) is 26.3. The van der Waals surface area contributed by atoms with Crippen molar-refractivity contribution in [3.05, 3.63) is 52.5 Å². The molecule has 2 aromatic heterocycles. The number of pyridine rings is 1. The molecule has 2 aromatic rings. The smallest absolute Gasteiger partial charge is 0.264 e. The van der Waals surface area contributed by atoms with Crippen molar-refractivity contribution in [3.8, 4) is 0 Å². The van der Waals surface area contributed by atoms with Crippen LogP contribution < -0.4 is 0 Å². The lowest BCUT2D eigenvalue weighted by Crippen LogP contribution is -2.43. The molecule has 3 atom stereocenters. The summed E-state index contributed by atoms with van der Waals surface area (Å²) in [4.78, 5) is 19.6. The molecule has 4 rings (SSSR count). The molecule has 2 aliphatic rings. The molecule has 24 heavy (non-hydrogen) atoms. The Kier molecular flexibility index (Phi) is 4.60. The first kappa shape index (κ1) is 15.7. The summed E-state index contributed by atoms with van der Waals surface area (Å²) >= 11 is 1.49. The predicted molar refractivity (Wildman–Crippen MR) is 90.9 cm³/mol. The third-order valence-corrected chi connectivity index (χ3v) is 5.54. The Labute approximate surface area is 145 Å². The number of rotatable bonds is 4. The van der Waals surface area contributed by atoms with Gasteiger partial charge in [-0.25, -0.2) is 0 Å². The van der Waals surface area contributed by atoms with E-state index in [1.807, 2.05) is 34.5 Å². The van der Waals surface area contributed by atoms with Crippen molar-refractivity contribution < 1.29 is 14.3 Å². The Bertz CT molecular complexity index is 677. The molecule has 2 aliphatic heterocycles. The van der Waals surface area contributed by atoms with Gasteiger partial charge in [0, 0.05) is 19.0 Å². The zero-order chi connectivity index (χ0) is 16.4. The SMILES string of the molecule is O=C(c1cccs1)N1C[C@@H](OCc2ccncc2)[C@H]2OCCC[C@H]21. The highest BCUT2D eigenvalue weighted by Gasteiger charge is 2.46. The fourth-order valence-electron chi connectivity index (χ4n) is 3.51. The summed E-state index contributed by atoms with van der Waals surface area (Å²) in [6, 6.07) is 7.82. The maximum Gasteiger partial charge on any atom is 0.264 e.